The van der Waals surface area contributed by atoms with Crippen LogP contribution in [0, 0.1) is 5.92 Å². The molecule has 0 radical (unpaired) electrons. The van der Waals surface area contributed by atoms with Crippen LogP contribution in [0.1, 0.15) is 50.6 Å². The van der Waals surface area contributed by atoms with E-state index in [1.165, 1.54) is 32.1 Å². The van der Waals surface area contributed by atoms with Gasteiger partial charge in [-0.3, -0.25) is 0 Å². The summed E-state index contributed by atoms with van der Waals surface area (Å²) in [5, 5.41) is 19.3. The summed E-state index contributed by atoms with van der Waals surface area (Å²) in [4.78, 5) is 9.16. The Morgan fingerprint density at radius 3 is 2.74 bits per heavy atom. The summed E-state index contributed by atoms with van der Waals surface area (Å²) in [6.07, 6.45) is 6.19. The normalized spacial score (nSPS) is 20.3. The zero-order valence-electron chi connectivity index (χ0n) is 14.0. The van der Waals surface area contributed by atoms with Crippen molar-refractivity contribution >= 4 is 11.8 Å². The van der Waals surface area contributed by atoms with Gasteiger partial charge in [-0.15, -0.1) is 0 Å². The number of hydrogen-bond donors (Lipinski definition) is 4. The Hall–Kier alpha value is -1.40. The summed E-state index contributed by atoms with van der Waals surface area (Å²) < 4.78 is 0. The number of piperidine rings is 1. The highest BCUT2D eigenvalue weighted by Crippen LogP contribution is 2.39. The van der Waals surface area contributed by atoms with E-state index in [9.17, 15) is 5.11 Å². The van der Waals surface area contributed by atoms with E-state index in [1.807, 2.05) is 6.92 Å². The first-order chi connectivity index (χ1) is 11.2. The van der Waals surface area contributed by atoms with Gasteiger partial charge >= 0.3 is 0 Å². The summed E-state index contributed by atoms with van der Waals surface area (Å²) in [5.74, 6) is 2.94. The number of hydrogen-bond acceptors (Lipinski definition) is 6. The van der Waals surface area contributed by atoms with Gasteiger partial charge in [0, 0.05) is 24.6 Å². The van der Waals surface area contributed by atoms with Crippen molar-refractivity contribution in [2.75, 3.05) is 36.9 Å². The van der Waals surface area contributed by atoms with Crippen LogP contribution in [-0.2, 0) is 0 Å². The van der Waals surface area contributed by atoms with Gasteiger partial charge in [0.15, 0.2) is 0 Å². The SMILES string of the molecule is C[C@@H](CO)Nc1nc(NCCC2CCNCC2)cc(C2CC2)n1. The third-order valence-electron chi connectivity index (χ3n) is 4.71. The van der Waals surface area contributed by atoms with Gasteiger partial charge in [-0.25, -0.2) is 4.98 Å². The first-order valence-electron chi connectivity index (χ1n) is 8.95. The second-order valence-electron chi connectivity index (χ2n) is 6.91. The van der Waals surface area contributed by atoms with Crippen molar-refractivity contribution in [1.82, 2.24) is 15.3 Å². The van der Waals surface area contributed by atoms with Crippen LogP contribution in [-0.4, -0.2) is 47.4 Å². The van der Waals surface area contributed by atoms with Crippen LogP contribution < -0.4 is 16.0 Å². The predicted octanol–water partition coefficient (Wildman–Crippen LogP) is 1.95. The molecule has 0 aromatic carbocycles. The fourth-order valence-electron chi connectivity index (χ4n) is 3.05. The van der Waals surface area contributed by atoms with Crippen molar-refractivity contribution in [1.29, 1.82) is 0 Å². The van der Waals surface area contributed by atoms with Gasteiger partial charge in [-0.2, -0.15) is 4.98 Å². The fourth-order valence-corrected chi connectivity index (χ4v) is 3.05. The summed E-state index contributed by atoms with van der Waals surface area (Å²) in [5.41, 5.74) is 1.12. The lowest BCUT2D eigenvalue weighted by atomic mass is 9.95. The van der Waals surface area contributed by atoms with Crippen molar-refractivity contribution in [3.63, 3.8) is 0 Å². The average molecular weight is 319 g/mol. The Bertz CT molecular complexity index is 500. The maximum Gasteiger partial charge on any atom is 0.225 e. The molecule has 128 valence electrons. The lowest BCUT2D eigenvalue weighted by Gasteiger charge is -2.22. The molecule has 0 spiro atoms. The molecular formula is C17H29N5O. The molecule has 1 atom stereocenters. The van der Waals surface area contributed by atoms with Gasteiger partial charge in [0.1, 0.15) is 5.82 Å². The maximum absolute atomic E-state index is 9.20. The van der Waals surface area contributed by atoms with Crippen LogP contribution in [0.25, 0.3) is 0 Å². The molecule has 0 amide bonds. The lowest BCUT2D eigenvalue weighted by molar-refractivity contribution is 0.281. The second kappa shape index (κ2) is 7.93. The third-order valence-corrected chi connectivity index (χ3v) is 4.71. The second-order valence-corrected chi connectivity index (χ2v) is 6.91. The number of rotatable bonds is 8. The van der Waals surface area contributed by atoms with Crippen LogP contribution in [0.5, 0.6) is 0 Å². The van der Waals surface area contributed by atoms with E-state index >= 15 is 0 Å². The molecule has 1 saturated carbocycles. The molecule has 2 aliphatic rings. The average Bonchev–Trinajstić information content (AvgIpc) is 3.40. The topological polar surface area (TPSA) is 82.1 Å². The van der Waals surface area contributed by atoms with E-state index < -0.39 is 0 Å². The predicted molar refractivity (Wildman–Crippen MR) is 92.9 cm³/mol. The molecule has 23 heavy (non-hydrogen) atoms. The molecule has 2 fully saturated rings. The van der Waals surface area contributed by atoms with E-state index in [0.29, 0.717) is 11.9 Å². The highest BCUT2D eigenvalue weighted by atomic mass is 16.3. The molecule has 1 aromatic heterocycles. The molecule has 1 aliphatic carbocycles. The quantitative estimate of drug-likeness (QED) is 0.586. The van der Waals surface area contributed by atoms with Crippen molar-refractivity contribution in [2.45, 2.75) is 51.0 Å². The summed E-state index contributed by atoms with van der Waals surface area (Å²) in [7, 11) is 0. The highest BCUT2D eigenvalue weighted by molar-refractivity contribution is 5.44. The smallest absolute Gasteiger partial charge is 0.225 e. The first kappa shape index (κ1) is 16.5. The Balaban J connectivity index is 1.58. The van der Waals surface area contributed by atoms with Crippen LogP contribution in [0.2, 0.25) is 0 Å². The van der Waals surface area contributed by atoms with Gasteiger partial charge in [-0.1, -0.05) is 0 Å². The number of nitrogens with zero attached hydrogens (tertiary/aromatic N) is 2. The Kier molecular flexibility index (Phi) is 5.67. The summed E-state index contributed by atoms with van der Waals surface area (Å²) in [6, 6.07) is 2.06. The fraction of sp³-hybridized carbons (Fsp3) is 0.765. The lowest BCUT2D eigenvalue weighted by Crippen LogP contribution is -2.28. The van der Waals surface area contributed by atoms with Gasteiger partial charge < -0.3 is 21.1 Å². The maximum atomic E-state index is 9.20. The molecule has 4 N–H and O–H groups in total. The minimum atomic E-state index is -0.0351. The van der Waals surface area contributed by atoms with Crippen molar-refractivity contribution < 1.29 is 5.11 Å². The molecule has 6 nitrogen and oxygen atoms in total. The van der Waals surface area contributed by atoms with Crippen LogP contribution in [0.15, 0.2) is 6.07 Å². The van der Waals surface area contributed by atoms with Crippen molar-refractivity contribution in [3.05, 3.63) is 11.8 Å². The number of aliphatic hydroxyl groups excluding tert-OH is 1. The monoisotopic (exact) mass is 319 g/mol. The Morgan fingerprint density at radius 1 is 1.26 bits per heavy atom. The summed E-state index contributed by atoms with van der Waals surface area (Å²) in [6.45, 7) is 5.27. The van der Waals surface area contributed by atoms with E-state index in [0.717, 1.165) is 37.1 Å². The molecule has 3 rings (SSSR count). The molecule has 6 heteroatoms. The molecule has 1 saturated heterocycles. The van der Waals surface area contributed by atoms with Gasteiger partial charge in [0.05, 0.1) is 12.3 Å². The van der Waals surface area contributed by atoms with Gasteiger partial charge in [0.25, 0.3) is 0 Å². The van der Waals surface area contributed by atoms with Crippen LogP contribution >= 0.6 is 0 Å². The Morgan fingerprint density at radius 2 is 2.04 bits per heavy atom. The Labute approximate surface area is 138 Å². The molecule has 1 aliphatic heterocycles. The van der Waals surface area contributed by atoms with E-state index in [-0.39, 0.29) is 12.6 Å². The van der Waals surface area contributed by atoms with E-state index in [2.05, 4.69) is 32.0 Å². The first-order valence-corrected chi connectivity index (χ1v) is 8.95. The minimum absolute atomic E-state index is 0.0351. The van der Waals surface area contributed by atoms with E-state index in [1.54, 1.807) is 0 Å². The largest absolute Gasteiger partial charge is 0.394 e. The van der Waals surface area contributed by atoms with Gasteiger partial charge in [-0.05, 0) is 58.0 Å². The molecule has 0 bridgehead atoms. The van der Waals surface area contributed by atoms with Crippen molar-refractivity contribution in [2.24, 2.45) is 5.92 Å². The number of nitrogens with one attached hydrogen (secondary N) is 3. The van der Waals surface area contributed by atoms with E-state index in [4.69, 9.17) is 0 Å². The zero-order chi connectivity index (χ0) is 16.1. The van der Waals surface area contributed by atoms with Gasteiger partial charge in [0.2, 0.25) is 5.95 Å². The molecule has 1 aromatic rings. The number of anilines is 2. The molecular weight excluding hydrogens is 290 g/mol. The molecule has 2 heterocycles. The zero-order valence-corrected chi connectivity index (χ0v) is 14.0. The van der Waals surface area contributed by atoms with Crippen molar-refractivity contribution in [3.8, 4) is 0 Å². The molecule has 0 unspecified atom stereocenters. The minimum Gasteiger partial charge on any atom is -0.394 e. The third kappa shape index (κ3) is 5.04. The number of aromatic nitrogens is 2. The highest BCUT2D eigenvalue weighted by Gasteiger charge is 2.26. The summed E-state index contributed by atoms with van der Waals surface area (Å²) >= 11 is 0. The van der Waals surface area contributed by atoms with Crippen LogP contribution in [0.4, 0.5) is 11.8 Å². The standard InChI is InChI=1S/C17H29N5O/c1-12(11-23)20-17-21-15(14-2-3-14)10-16(22-17)19-9-6-13-4-7-18-8-5-13/h10,12-14,18,23H,2-9,11H2,1H3,(H2,19,20,21,22)/t12-/m0/s1. The van der Waals surface area contributed by atoms with Crippen LogP contribution in [0.3, 0.4) is 0 Å². The number of aliphatic hydroxyl groups is 1.